The van der Waals surface area contributed by atoms with Crippen molar-refractivity contribution in [2.24, 2.45) is 0 Å². The summed E-state index contributed by atoms with van der Waals surface area (Å²) in [5.41, 5.74) is 4.20. The first-order chi connectivity index (χ1) is 16.6. The number of nitrogens with zero attached hydrogens (tertiary/aromatic N) is 5. The first kappa shape index (κ1) is 21.8. The van der Waals surface area contributed by atoms with Gasteiger partial charge in [-0.3, -0.25) is 0 Å². The van der Waals surface area contributed by atoms with Crippen molar-refractivity contribution in [3.05, 3.63) is 77.3 Å². The average molecular weight is 462 g/mol. The summed E-state index contributed by atoms with van der Waals surface area (Å²) in [6.07, 6.45) is 1.64. The molecule has 0 saturated carbocycles. The number of ether oxygens (including phenoxy) is 2. The number of aryl methyl sites for hydroxylation is 1. The quantitative estimate of drug-likeness (QED) is 0.445. The molecule has 5 rings (SSSR count). The van der Waals surface area contributed by atoms with Crippen molar-refractivity contribution in [1.82, 2.24) is 24.7 Å². The van der Waals surface area contributed by atoms with Crippen LogP contribution < -0.4 is 15.4 Å². The number of nitrogens with one attached hydrogen (secondary N) is 2. The SMILES string of the molecule is CNc1nc(Nc2ccc(-n3cnc(C)n3)c(OC)c2)nc2c1COCC2c1ccc(F)cc1. The molecule has 2 aromatic carbocycles. The van der Waals surface area contributed by atoms with E-state index in [4.69, 9.17) is 14.5 Å². The van der Waals surface area contributed by atoms with Crippen LogP contribution in [0, 0.1) is 12.7 Å². The second-order valence-corrected chi connectivity index (χ2v) is 7.88. The number of methoxy groups -OCH3 is 1. The van der Waals surface area contributed by atoms with Crippen LogP contribution in [0.3, 0.4) is 0 Å². The molecule has 0 saturated heterocycles. The highest BCUT2D eigenvalue weighted by Gasteiger charge is 2.28. The van der Waals surface area contributed by atoms with E-state index < -0.39 is 0 Å². The molecule has 1 aliphatic heterocycles. The van der Waals surface area contributed by atoms with E-state index in [1.165, 1.54) is 12.1 Å². The maximum atomic E-state index is 13.5. The van der Waals surface area contributed by atoms with Gasteiger partial charge in [0, 0.05) is 24.4 Å². The molecular weight excluding hydrogens is 437 g/mol. The third kappa shape index (κ3) is 4.15. The average Bonchev–Trinajstić information content (AvgIpc) is 3.29. The Hall–Kier alpha value is -4.05. The van der Waals surface area contributed by atoms with Gasteiger partial charge in [-0.1, -0.05) is 12.1 Å². The molecule has 0 bridgehead atoms. The van der Waals surface area contributed by atoms with E-state index in [0.717, 1.165) is 28.2 Å². The van der Waals surface area contributed by atoms with Gasteiger partial charge in [0.25, 0.3) is 0 Å². The Morgan fingerprint density at radius 1 is 1.15 bits per heavy atom. The lowest BCUT2D eigenvalue weighted by molar-refractivity contribution is 0.0979. The summed E-state index contributed by atoms with van der Waals surface area (Å²) in [5.74, 6) is 2.00. The van der Waals surface area contributed by atoms with Crippen LogP contribution >= 0.6 is 0 Å². The topological polar surface area (TPSA) is 99.0 Å². The van der Waals surface area contributed by atoms with Gasteiger partial charge in [-0.2, -0.15) is 10.1 Å². The minimum Gasteiger partial charge on any atom is -0.494 e. The third-order valence-corrected chi connectivity index (χ3v) is 5.70. The predicted octanol–water partition coefficient (Wildman–Crippen LogP) is 3.96. The molecule has 3 heterocycles. The van der Waals surface area contributed by atoms with Gasteiger partial charge in [0.05, 0.1) is 31.9 Å². The van der Waals surface area contributed by atoms with Gasteiger partial charge in [-0.05, 0) is 36.8 Å². The lowest BCUT2D eigenvalue weighted by Crippen LogP contribution is -2.22. The van der Waals surface area contributed by atoms with Gasteiger partial charge in [0.15, 0.2) is 0 Å². The fourth-order valence-electron chi connectivity index (χ4n) is 4.04. The highest BCUT2D eigenvalue weighted by atomic mass is 19.1. The lowest BCUT2D eigenvalue weighted by atomic mass is 9.91. The summed E-state index contributed by atoms with van der Waals surface area (Å²) in [4.78, 5) is 13.7. The summed E-state index contributed by atoms with van der Waals surface area (Å²) in [7, 11) is 3.42. The Morgan fingerprint density at radius 3 is 2.68 bits per heavy atom. The Kier molecular flexibility index (Phi) is 5.81. The summed E-state index contributed by atoms with van der Waals surface area (Å²) in [6, 6.07) is 12.1. The second-order valence-electron chi connectivity index (χ2n) is 7.88. The zero-order chi connectivity index (χ0) is 23.7. The van der Waals surface area contributed by atoms with Gasteiger partial charge in [-0.15, -0.1) is 0 Å². The van der Waals surface area contributed by atoms with Crippen molar-refractivity contribution in [2.45, 2.75) is 19.4 Å². The van der Waals surface area contributed by atoms with Crippen LogP contribution in [0.5, 0.6) is 5.75 Å². The molecule has 4 aromatic rings. The fraction of sp³-hybridized carbons (Fsp3) is 0.250. The predicted molar refractivity (Wildman–Crippen MR) is 125 cm³/mol. The first-order valence-electron chi connectivity index (χ1n) is 10.8. The number of rotatable bonds is 6. The number of hydrogen-bond acceptors (Lipinski definition) is 8. The van der Waals surface area contributed by atoms with Gasteiger partial charge in [0.2, 0.25) is 5.95 Å². The van der Waals surface area contributed by atoms with E-state index in [-0.39, 0.29) is 11.7 Å². The minimum absolute atomic E-state index is 0.132. The Balaban J connectivity index is 1.50. The molecule has 174 valence electrons. The standard InChI is InChI=1S/C24H24FN7O2/c1-14-27-13-32(31-14)20-9-8-17(10-21(20)33-3)28-24-29-22-18(15-4-6-16(25)7-5-15)11-34-12-19(22)23(26-2)30-24/h4-10,13,18H,11-12H2,1-3H3,(H2,26,28,29,30). The van der Waals surface area contributed by atoms with Crippen molar-refractivity contribution >= 4 is 17.5 Å². The molecular formula is C24H24FN7O2. The van der Waals surface area contributed by atoms with Crippen molar-refractivity contribution in [3.63, 3.8) is 0 Å². The highest BCUT2D eigenvalue weighted by Crippen LogP contribution is 2.35. The maximum Gasteiger partial charge on any atom is 0.229 e. The molecule has 1 unspecified atom stereocenters. The normalized spacial score (nSPS) is 15.0. The zero-order valence-corrected chi connectivity index (χ0v) is 19.0. The molecule has 0 radical (unpaired) electrons. The monoisotopic (exact) mass is 461 g/mol. The van der Waals surface area contributed by atoms with Gasteiger partial charge < -0.3 is 20.1 Å². The number of halogens is 1. The van der Waals surface area contributed by atoms with Gasteiger partial charge in [0.1, 0.15) is 35.2 Å². The van der Waals surface area contributed by atoms with E-state index >= 15 is 0 Å². The van der Waals surface area contributed by atoms with Crippen molar-refractivity contribution in [2.75, 3.05) is 31.4 Å². The molecule has 0 spiro atoms. The number of anilines is 3. The Labute approximate surface area is 196 Å². The van der Waals surface area contributed by atoms with Crippen LogP contribution in [0.15, 0.2) is 48.8 Å². The molecule has 1 atom stereocenters. The zero-order valence-electron chi connectivity index (χ0n) is 19.0. The van der Waals surface area contributed by atoms with Crippen LogP contribution in [0.1, 0.15) is 28.6 Å². The molecule has 10 heteroatoms. The number of aromatic nitrogens is 5. The van der Waals surface area contributed by atoms with E-state index in [0.29, 0.717) is 36.6 Å². The van der Waals surface area contributed by atoms with Crippen molar-refractivity contribution in [3.8, 4) is 11.4 Å². The number of benzene rings is 2. The highest BCUT2D eigenvalue weighted by molar-refractivity contribution is 5.63. The van der Waals surface area contributed by atoms with E-state index in [1.807, 2.05) is 32.2 Å². The summed E-state index contributed by atoms with van der Waals surface area (Å²) >= 11 is 0. The van der Waals surface area contributed by atoms with E-state index in [2.05, 4.69) is 25.7 Å². The van der Waals surface area contributed by atoms with Crippen LogP contribution in [0.2, 0.25) is 0 Å². The van der Waals surface area contributed by atoms with E-state index in [9.17, 15) is 4.39 Å². The molecule has 2 N–H and O–H groups in total. The fourth-order valence-corrected chi connectivity index (χ4v) is 4.04. The molecule has 0 fully saturated rings. The van der Waals surface area contributed by atoms with Crippen LogP contribution in [-0.4, -0.2) is 45.5 Å². The molecule has 0 aliphatic carbocycles. The molecule has 34 heavy (non-hydrogen) atoms. The van der Waals surface area contributed by atoms with Crippen LogP contribution in [0.25, 0.3) is 5.69 Å². The largest absolute Gasteiger partial charge is 0.494 e. The lowest BCUT2D eigenvalue weighted by Gasteiger charge is -2.27. The van der Waals surface area contributed by atoms with E-state index in [1.54, 1.807) is 30.3 Å². The van der Waals surface area contributed by atoms with Crippen molar-refractivity contribution in [1.29, 1.82) is 0 Å². The van der Waals surface area contributed by atoms with Crippen LogP contribution in [0.4, 0.5) is 21.8 Å². The summed E-state index contributed by atoms with van der Waals surface area (Å²) < 4.78 is 26.5. The molecule has 0 amide bonds. The van der Waals surface area contributed by atoms with Gasteiger partial charge in [-0.25, -0.2) is 19.0 Å². The Morgan fingerprint density at radius 2 is 1.97 bits per heavy atom. The maximum absolute atomic E-state index is 13.5. The minimum atomic E-state index is -0.278. The van der Waals surface area contributed by atoms with Gasteiger partial charge >= 0.3 is 0 Å². The number of fused-ring (bicyclic) bond motifs is 1. The smallest absolute Gasteiger partial charge is 0.229 e. The second kappa shape index (κ2) is 9.06. The Bertz CT molecular complexity index is 1320. The van der Waals surface area contributed by atoms with Crippen molar-refractivity contribution < 1.29 is 13.9 Å². The molecule has 2 aromatic heterocycles. The molecule has 9 nitrogen and oxygen atoms in total. The third-order valence-electron chi connectivity index (χ3n) is 5.70. The first-order valence-corrected chi connectivity index (χ1v) is 10.8. The summed E-state index contributed by atoms with van der Waals surface area (Å²) in [5, 5.41) is 10.8. The summed E-state index contributed by atoms with van der Waals surface area (Å²) in [6.45, 7) is 2.69. The number of hydrogen-bond donors (Lipinski definition) is 2. The molecule has 1 aliphatic rings. The van der Waals surface area contributed by atoms with Crippen LogP contribution in [-0.2, 0) is 11.3 Å².